The Labute approximate surface area is 182 Å². The summed E-state index contributed by atoms with van der Waals surface area (Å²) in [4.78, 5) is 16.3. The summed E-state index contributed by atoms with van der Waals surface area (Å²) in [7, 11) is -3.94. The molecule has 2 N–H and O–H groups in total. The standard InChI is InChI=1S/C22H26N4O4S/c1-16-4-5-17(2)21(14-16)31(29,30)24-20-7-6-18(15-19(20)22(27)28)26-12-10-25(11-13-26)9-3-8-23/h4-7,14-15,24H,3,9-13H2,1-2H3,(H,27,28). The molecular weight excluding hydrogens is 416 g/mol. The number of aromatic carboxylic acids is 1. The van der Waals surface area contributed by atoms with E-state index < -0.39 is 16.0 Å². The topological polar surface area (TPSA) is 114 Å². The van der Waals surface area contributed by atoms with Gasteiger partial charge in [0, 0.05) is 44.8 Å². The Bertz CT molecular complexity index is 1120. The Morgan fingerprint density at radius 3 is 2.48 bits per heavy atom. The monoisotopic (exact) mass is 442 g/mol. The lowest BCUT2D eigenvalue weighted by atomic mass is 10.1. The van der Waals surface area contributed by atoms with Crippen molar-refractivity contribution in [3.05, 3.63) is 53.1 Å². The highest BCUT2D eigenvalue weighted by molar-refractivity contribution is 7.92. The first-order chi connectivity index (χ1) is 14.7. The number of piperazine rings is 1. The lowest BCUT2D eigenvalue weighted by Crippen LogP contribution is -2.46. The van der Waals surface area contributed by atoms with Crippen molar-refractivity contribution >= 4 is 27.4 Å². The average Bonchev–Trinajstić information content (AvgIpc) is 2.74. The van der Waals surface area contributed by atoms with Gasteiger partial charge in [-0.25, -0.2) is 13.2 Å². The van der Waals surface area contributed by atoms with Crippen LogP contribution in [0.1, 0.15) is 27.9 Å². The van der Waals surface area contributed by atoms with E-state index in [1.54, 1.807) is 32.0 Å². The first kappa shape index (κ1) is 22.6. The van der Waals surface area contributed by atoms with Crippen LogP contribution in [0.5, 0.6) is 0 Å². The average molecular weight is 443 g/mol. The van der Waals surface area contributed by atoms with Crippen LogP contribution in [0.4, 0.5) is 11.4 Å². The number of nitrogens with zero attached hydrogens (tertiary/aromatic N) is 3. The molecule has 1 heterocycles. The van der Waals surface area contributed by atoms with Gasteiger partial charge >= 0.3 is 5.97 Å². The summed E-state index contributed by atoms with van der Waals surface area (Å²) >= 11 is 0. The predicted molar refractivity (Wildman–Crippen MR) is 119 cm³/mol. The number of benzene rings is 2. The molecule has 0 aromatic heterocycles. The predicted octanol–water partition coefficient (Wildman–Crippen LogP) is 2.84. The maximum absolute atomic E-state index is 12.9. The van der Waals surface area contributed by atoms with Gasteiger partial charge in [0.2, 0.25) is 0 Å². The molecule has 1 aliphatic heterocycles. The number of anilines is 2. The van der Waals surface area contributed by atoms with Crippen LogP contribution in [0.25, 0.3) is 0 Å². The molecule has 1 saturated heterocycles. The van der Waals surface area contributed by atoms with E-state index in [-0.39, 0.29) is 16.1 Å². The fourth-order valence-corrected chi connectivity index (χ4v) is 5.04. The molecule has 2 aromatic rings. The van der Waals surface area contributed by atoms with Gasteiger partial charge in [-0.15, -0.1) is 0 Å². The molecule has 0 bridgehead atoms. The summed E-state index contributed by atoms with van der Waals surface area (Å²) in [6.45, 7) is 7.21. The Morgan fingerprint density at radius 1 is 1.13 bits per heavy atom. The van der Waals surface area contributed by atoms with Crippen molar-refractivity contribution in [1.82, 2.24) is 4.90 Å². The highest BCUT2D eigenvalue weighted by Gasteiger charge is 2.23. The first-order valence-corrected chi connectivity index (χ1v) is 11.5. The molecule has 0 aliphatic carbocycles. The minimum atomic E-state index is -3.94. The molecule has 31 heavy (non-hydrogen) atoms. The van der Waals surface area contributed by atoms with E-state index in [9.17, 15) is 18.3 Å². The number of hydrogen-bond acceptors (Lipinski definition) is 6. The van der Waals surface area contributed by atoms with Crippen molar-refractivity contribution in [3.8, 4) is 6.07 Å². The lowest BCUT2D eigenvalue weighted by molar-refractivity contribution is 0.0698. The summed E-state index contributed by atoms with van der Waals surface area (Å²) in [6.07, 6.45) is 0.485. The van der Waals surface area contributed by atoms with Crippen LogP contribution in [0, 0.1) is 25.2 Å². The molecule has 0 atom stereocenters. The van der Waals surface area contributed by atoms with Gasteiger partial charge in [0.25, 0.3) is 10.0 Å². The van der Waals surface area contributed by atoms with Gasteiger partial charge in [-0.2, -0.15) is 5.26 Å². The molecule has 164 valence electrons. The van der Waals surface area contributed by atoms with Crippen molar-refractivity contribution in [2.24, 2.45) is 0 Å². The highest BCUT2D eigenvalue weighted by Crippen LogP contribution is 2.27. The fraction of sp³-hybridized carbons (Fsp3) is 0.364. The van der Waals surface area contributed by atoms with E-state index in [4.69, 9.17) is 5.26 Å². The number of hydrogen-bond donors (Lipinski definition) is 2. The van der Waals surface area contributed by atoms with Gasteiger partial charge in [0.15, 0.2) is 0 Å². The molecule has 3 rings (SSSR count). The second-order valence-electron chi connectivity index (χ2n) is 7.65. The van der Waals surface area contributed by atoms with E-state index in [0.717, 1.165) is 30.9 Å². The molecule has 0 spiro atoms. The molecule has 0 unspecified atom stereocenters. The van der Waals surface area contributed by atoms with Gasteiger partial charge in [0.05, 0.1) is 22.2 Å². The number of sulfonamides is 1. The zero-order valence-corrected chi connectivity index (χ0v) is 18.4. The number of carboxylic acids is 1. The summed E-state index contributed by atoms with van der Waals surface area (Å²) in [5, 5.41) is 18.4. The van der Waals surface area contributed by atoms with E-state index in [2.05, 4.69) is 20.6 Å². The van der Waals surface area contributed by atoms with Crippen LogP contribution < -0.4 is 9.62 Å². The van der Waals surface area contributed by atoms with Gasteiger partial charge in [-0.05, 0) is 49.2 Å². The van der Waals surface area contributed by atoms with Crippen molar-refractivity contribution in [2.45, 2.75) is 25.2 Å². The Balaban J connectivity index is 1.82. The number of carboxylic acid groups (broad SMARTS) is 1. The fourth-order valence-electron chi connectivity index (χ4n) is 3.63. The van der Waals surface area contributed by atoms with E-state index in [1.165, 1.54) is 12.1 Å². The lowest BCUT2D eigenvalue weighted by Gasteiger charge is -2.36. The van der Waals surface area contributed by atoms with Gasteiger partial charge in [0.1, 0.15) is 0 Å². The van der Waals surface area contributed by atoms with Crippen LogP contribution in [-0.4, -0.2) is 57.1 Å². The van der Waals surface area contributed by atoms with Gasteiger partial charge in [-0.3, -0.25) is 9.62 Å². The molecule has 0 radical (unpaired) electrons. The Hall–Kier alpha value is -3.09. The second kappa shape index (κ2) is 9.37. The highest BCUT2D eigenvalue weighted by atomic mass is 32.2. The minimum Gasteiger partial charge on any atom is -0.478 e. The minimum absolute atomic E-state index is 0.0322. The summed E-state index contributed by atoms with van der Waals surface area (Å²) in [5.41, 5.74) is 2.05. The Morgan fingerprint density at radius 2 is 1.84 bits per heavy atom. The third-order valence-corrected chi connectivity index (χ3v) is 6.90. The summed E-state index contributed by atoms with van der Waals surface area (Å²) < 4.78 is 28.3. The number of nitriles is 1. The molecule has 1 aliphatic rings. The maximum atomic E-state index is 12.9. The van der Waals surface area contributed by atoms with Gasteiger partial charge in [-0.1, -0.05) is 12.1 Å². The molecule has 0 amide bonds. The Kier molecular flexibility index (Phi) is 6.83. The first-order valence-electron chi connectivity index (χ1n) is 10.0. The SMILES string of the molecule is Cc1ccc(C)c(S(=O)(=O)Nc2ccc(N3CCN(CCC#N)CC3)cc2C(=O)O)c1. The normalized spacial score (nSPS) is 14.8. The van der Waals surface area contributed by atoms with Gasteiger partial charge < -0.3 is 10.0 Å². The zero-order chi connectivity index (χ0) is 22.6. The molecule has 0 saturated carbocycles. The molecule has 2 aromatic carbocycles. The number of nitrogens with one attached hydrogen (secondary N) is 1. The largest absolute Gasteiger partial charge is 0.478 e. The summed E-state index contributed by atoms with van der Waals surface area (Å²) in [5.74, 6) is -1.20. The van der Waals surface area contributed by atoms with E-state index >= 15 is 0 Å². The van der Waals surface area contributed by atoms with E-state index in [1.807, 2.05) is 6.07 Å². The van der Waals surface area contributed by atoms with Crippen LogP contribution in [0.2, 0.25) is 0 Å². The van der Waals surface area contributed by atoms with Crippen LogP contribution in [0.3, 0.4) is 0 Å². The smallest absolute Gasteiger partial charge is 0.337 e. The van der Waals surface area contributed by atoms with Crippen LogP contribution in [-0.2, 0) is 10.0 Å². The summed E-state index contributed by atoms with van der Waals surface area (Å²) in [6, 6.07) is 12.0. The number of aryl methyl sites for hydroxylation is 2. The third kappa shape index (κ3) is 5.34. The number of carbonyl (C=O) groups is 1. The van der Waals surface area contributed by atoms with Crippen molar-refractivity contribution in [1.29, 1.82) is 5.26 Å². The zero-order valence-electron chi connectivity index (χ0n) is 17.6. The molecule has 9 heteroatoms. The van der Waals surface area contributed by atoms with Crippen LogP contribution >= 0.6 is 0 Å². The molecule has 8 nitrogen and oxygen atoms in total. The molecule has 1 fully saturated rings. The van der Waals surface area contributed by atoms with Crippen molar-refractivity contribution < 1.29 is 18.3 Å². The third-order valence-electron chi connectivity index (χ3n) is 5.39. The maximum Gasteiger partial charge on any atom is 0.337 e. The van der Waals surface area contributed by atoms with Crippen molar-refractivity contribution in [2.75, 3.05) is 42.3 Å². The molecular formula is C22H26N4O4S. The van der Waals surface area contributed by atoms with Crippen LogP contribution in [0.15, 0.2) is 41.3 Å². The number of rotatable bonds is 7. The van der Waals surface area contributed by atoms with E-state index in [0.29, 0.717) is 25.1 Å². The van der Waals surface area contributed by atoms with Crippen molar-refractivity contribution in [3.63, 3.8) is 0 Å². The second-order valence-corrected chi connectivity index (χ2v) is 9.30. The quantitative estimate of drug-likeness (QED) is 0.678.